The molecule has 0 radical (unpaired) electrons. The maximum absolute atomic E-state index is 9.58. The zero-order valence-electron chi connectivity index (χ0n) is 17.2. The molecule has 0 heterocycles. The Kier molecular flexibility index (Phi) is 6.15. The van der Waals surface area contributed by atoms with E-state index in [9.17, 15) is 5.26 Å². The number of hydrogen-bond donors (Lipinski definition) is 0. The van der Waals surface area contributed by atoms with Crippen LogP contribution in [-0.2, 0) is 8.85 Å². The molecule has 3 nitrogen and oxygen atoms in total. The minimum Gasteiger partial charge on any atom is -0.408 e. The van der Waals surface area contributed by atoms with E-state index in [4.69, 9.17) is 8.85 Å². The molecule has 1 aliphatic carbocycles. The third-order valence-corrected chi connectivity index (χ3v) is 14.7. The second-order valence-electron chi connectivity index (χ2n) is 9.76. The normalized spacial score (nSPS) is 23.0. The summed E-state index contributed by atoms with van der Waals surface area (Å²) in [7, 11) is -3.95. The Balaban J connectivity index is 3.14. The van der Waals surface area contributed by atoms with Gasteiger partial charge in [0, 0.05) is 0 Å². The van der Waals surface area contributed by atoms with Crippen LogP contribution < -0.4 is 0 Å². The van der Waals surface area contributed by atoms with E-state index in [1.54, 1.807) is 0 Å². The molecular weight excluding hydrogens is 330 g/mol. The van der Waals surface area contributed by atoms with E-state index >= 15 is 0 Å². The second kappa shape index (κ2) is 6.91. The molecule has 0 spiro atoms. The van der Waals surface area contributed by atoms with Crippen molar-refractivity contribution >= 4 is 16.6 Å². The van der Waals surface area contributed by atoms with Crippen molar-refractivity contribution in [3.8, 4) is 6.07 Å². The number of nitrogens with zero attached hydrogens (tertiary/aromatic N) is 1. The van der Waals surface area contributed by atoms with Crippen LogP contribution in [0.2, 0.25) is 36.3 Å². The SMILES string of the molecule is CC(C)(C)[Si](C)(C)O[C@H]1C=CC=C(C#N)[C@H]1O[Si](C)(C)C(C)(C)C. The highest BCUT2D eigenvalue weighted by atomic mass is 28.4. The summed E-state index contributed by atoms with van der Waals surface area (Å²) in [4.78, 5) is 0. The summed E-state index contributed by atoms with van der Waals surface area (Å²) >= 11 is 0. The molecule has 1 rings (SSSR count). The Hall–Kier alpha value is -0.676. The molecule has 0 N–H and O–H groups in total. The molecule has 24 heavy (non-hydrogen) atoms. The van der Waals surface area contributed by atoms with Crippen LogP contribution in [0.1, 0.15) is 41.5 Å². The van der Waals surface area contributed by atoms with Gasteiger partial charge >= 0.3 is 0 Å². The molecule has 0 aliphatic heterocycles. The van der Waals surface area contributed by atoms with Crippen molar-refractivity contribution < 1.29 is 8.85 Å². The number of allylic oxidation sites excluding steroid dienone is 2. The first kappa shape index (κ1) is 21.4. The van der Waals surface area contributed by atoms with Crippen molar-refractivity contribution in [2.24, 2.45) is 0 Å². The lowest BCUT2D eigenvalue weighted by Crippen LogP contribution is -2.52. The van der Waals surface area contributed by atoms with Gasteiger partial charge in [-0.2, -0.15) is 5.26 Å². The monoisotopic (exact) mass is 365 g/mol. The van der Waals surface area contributed by atoms with Crippen molar-refractivity contribution in [1.29, 1.82) is 5.26 Å². The van der Waals surface area contributed by atoms with Gasteiger partial charge in [0.1, 0.15) is 6.10 Å². The van der Waals surface area contributed by atoms with Gasteiger partial charge < -0.3 is 8.85 Å². The minimum absolute atomic E-state index is 0.0935. The van der Waals surface area contributed by atoms with Gasteiger partial charge in [-0.25, -0.2) is 0 Å². The van der Waals surface area contributed by atoms with Gasteiger partial charge in [-0.15, -0.1) is 0 Å². The summed E-state index contributed by atoms with van der Waals surface area (Å²) in [5.74, 6) is 0. The van der Waals surface area contributed by atoms with E-state index in [1.807, 2.05) is 12.2 Å². The van der Waals surface area contributed by atoms with Crippen LogP contribution in [0.25, 0.3) is 0 Å². The molecule has 0 aromatic carbocycles. The van der Waals surface area contributed by atoms with Crippen LogP contribution >= 0.6 is 0 Å². The smallest absolute Gasteiger partial charge is 0.193 e. The summed E-state index contributed by atoms with van der Waals surface area (Å²) in [5, 5.41) is 9.79. The van der Waals surface area contributed by atoms with E-state index in [0.717, 1.165) is 0 Å². The van der Waals surface area contributed by atoms with Crippen LogP contribution in [0.15, 0.2) is 23.8 Å². The summed E-state index contributed by atoms with van der Waals surface area (Å²) in [6.45, 7) is 22.3. The molecule has 0 unspecified atom stereocenters. The fraction of sp³-hybridized carbons (Fsp3) is 0.737. The van der Waals surface area contributed by atoms with Crippen molar-refractivity contribution in [1.82, 2.24) is 0 Å². The van der Waals surface area contributed by atoms with Crippen molar-refractivity contribution in [3.05, 3.63) is 23.8 Å². The summed E-state index contributed by atoms with van der Waals surface area (Å²) in [6, 6.07) is 2.33. The van der Waals surface area contributed by atoms with Crippen LogP contribution in [0.4, 0.5) is 0 Å². The molecule has 0 amide bonds. The fourth-order valence-corrected chi connectivity index (χ4v) is 4.47. The van der Waals surface area contributed by atoms with Gasteiger partial charge in [-0.05, 0) is 42.3 Å². The highest BCUT2D eigenvalue weighted by molar-refractivity contribution is 6.74. The zero-order chi connectivity index (χ0) is 19.0. The fourth-order valence-electron chi connectivity index (χ4n) is 1.99. The predicted molar refractivity (Wildman–Crippen MR) is 107 cm³/mol. The van der Waals surface area contributed by atoms with E-state index in [2.05, 4.69) is 79.9 Å². The van der Waals surface area contributed by atoms with E-state index < -0.39 is 16.6 Å². The maximum atomic E-state index is 9.58. The molecule has 0 aromatic rings. The third kappa shape index (κ3) is 4.69. The molecule has 1 aliphatic rings. The Morgan fingerprint density at radius 3 is 1.79 bits per heavy atom. The van der Waals surface area contributed by atoms with Crippen molar-refractivity contribution in [3.63, 3.8) is 0 Å². The molecule has 136 valence electrons. The lowest BCUT2D eigenvalue weighted by molar-refractivity contribution is 0.0877. The molecule has 2 atom stereocenters. The first-order chi connectivity index (χ1) is 10.6. The van der Waals surface area contributed by atoms with E-state index in [1.165, 1.54) is 0 Å². The molecule has 0 fully saturated rings. The molecular formula is C19H35NO2Si2. The Morgan fingerprint density at radius 1 is 0.917 bits per heavy atom. The lowest BCUT2D eigenvalue weighted by Gasteiger charge is -2.44. The van der Waals surface area contributed by atoms with E-state index in [0.29, 0.717) is 5.57 Å². The standard InChI is InChI=1S/C19H35NO2Si2/c1-18(2,3)23(7,8)21-16-13-11-12-15(14-20)17(16)22-24(9,10)19(4,5)6/h11-13,16-17H,1-10H3/t16-,17+/m0/s1. The highest BCUT2D eigenvalue weighted by Gasteiger charge is 2.45. The second-order valence-corrected chi connectivity index (χ2v) is 19.3. The Labute approximate surface area is 151 Å². The van der Waals surface area contributed by atoms with E-state index in [-0.39, 0.29) is 22.3 Å². The average Bonchev–Trinajstić information content (AvgIpc) is 2.37. The maximum Gasteiger partial charge on any atom is 0.193 e. The first-order valence-corrected chi connectivity index (χ1v) is 14.6. The van der Waals surface area contributed by atoms with Crippen LogP contribution in [0, 0.1) is 11.3 Å². The van der Waals surface area contributed by atoms with Gasteiger partial charge in [0.15, 0.2) is 16.6 Å². The topological polar surface area (TPSA) is 42.2 Å². The van der Waals surface area contributed by atoms with Gasteiger partial charge in [0.2, 0.25) is 0 Å². The number of hydrogen-bond acceptors (Lipinski definition) is 3. The Bertz CT molecular complexity index is 557. The van der Waals surface area contributed by atoms with Gasteiger partial charge in [-0.3, -0.25) is 0 Å². The van der Waals surface area contributed by atoms with Crippen molar-refractivity contribution in [2.75, 3.05) is 0 Å². The summed E-state index contributed by atoms with van der Waals surface area (Å²) in [6.07, 6.45) is 5.37. The largest absolute Gasteiger partial charge is 0.408 e. The third-order valence-electron chi connectivity index (χ3n) is 5.78. The minimum atomic E-state index is -2.00. The molecule has 0 saturated heterocycles. The molecule has 0 saturated carbocycles. The summed E-state index contributed by atoms with van der Waals surface area (Å²) < 4.78 is 13.2. The summed E-state index contributed by atoms with van der Waals surface area (Å²) in [5.41, 5.74) is 0.672. The van der Waals surface area contributed by atoms with Crippen molar-refractivity contribution in [2.45, 2.75) is 90.0 Å². The van der Waals surface area contributed by atoms with Crippen LogP contribution in [0.5, 0.6) is 0 Å². The van der Waals surface area contributed by atoms with Crippen LogP contribution in [-0.4, -0.2) is 28.8 Å². The average molecular weight is 366 g/mol. The van der Waals surface area contributed by atoms with Gasteiger partial charge in [-0.1, -0.05) is 53.7 Å². The lowest BCUT2D eigenvalue weighted by atomic mass is 10.0. The first-order valence-electron chi connectivity index (χ1n) is 8.76. The molecule has 0 bridgehead atoms. The molecule has 0 aromatic heterocycles. The van der Waals surface area contributed by atoms with Crippen LogP contribution in [0.3, 0.4) is 0 Å². The zero-order valence-corrected chi connectivity index (χ0v) is 19.2. The number of rotatable bonds is 4. The molecule has 5 heteroatoms. The quantitative estimate of drug-likeness (QED) is 0.592. The number of nitriles is 1. The Morgan fingerprint density at radius 2 is 1.38 bits per heavy atom. The highest BCUT2D eigenvalue weighted by Crippen LogP contribution is 2.42. The van der Waals surface area contributed by atoms with Gasteiger partial charge in [0.25, 0.3) is 0 Å². The predicted octanol–water partition coefficient (Wildman–Crippen LogP) is 5.79. The van der Waals surface area contributed by atoms with Gasteiger partial charge in [0.05, 0.1) is 17.7 Å².